The first-order chi connectivity index (χ1) is 12.9. The number of fused-ring (bicyclic) bond motifs is 1. The maximum atomic E-state index is 12.5. The molecule has 0 bridgehead atoms. The van der Waals surface area contributed by atoms with E-state index in [0.29, 0.717) is 12.2 Å². The fourth-order valence-electron chi connectivity index (χ4n) is 2.33. The Morgan fingerprint density at radius 1 is 1.37 bits per heavy atom. The molecular weight excluding hydrogens is 386 g/mol. The van der Waals surface area contributed by atoms with Crippen LogP contribution in [0.2, 0.25) is 0 Å². The lowest BCUT2D eigenvalue weighted by molar-refractivity contribution is -0.118. The van der Waals surface area contributed by atoms with E-state index >= 15 is 0 Å². The highest BCUT2D eigenvalue weighted by molar-refractivity contribution is 7.23. The topological polar surface area (TPSA) is 126 Å². The van der Waals surface area contributed by atoms with E-state index in [2.05, 4.69) is 25.0 Å². The molecule has 3 rings (SSSR count). The summed E-state index contributed by atoms with van der Waals surface area (Å²) in [5.41, 5.74) is 6.44. The molecule has 0 aromatic carbocycles. The van der Waals surface area contributed by atoms with Crippen LogP contribution in [0.3, 0.4) is 0 Å². The largest absolute Gasteiger partial charge is 0.368 e. The number of aromatic nitrogens is 3. The zero-order chi connectivity index (χ0) is 19.6. The third-order valence-electron chi connectivity index (χ3n) is 3.77. The highest BCUT2D eigenvalue weighted by Crippen LogP contribution is 2.34. The Balaban J connectivity index is 1.99. The Morgan fingerprint density at radius 3 is 2.81 bits per heavy atom. The van der Waals surface area contributed by atoms with E-state index in [1.807, 2.05) is 18.4 Å². The molecule has 3 aromatic heterocycles. The summed E-state index contributed by atoms with van der Waals surface area (Å²) in [4.78, 5) is 34.1. The van der Waals surface area contributed by atoms with Gasteiger partial charge in [0.25, 0.3) is 5.91 Å². The molecule has 3 aromatic rings. The van der Waals surface area contributed by atoms with Crippen LogP contribution < -0.4 is 16.4 Å². The van der Waals surface area contributed by atoms with Crippen molar-refractivity contribution in [2.75, 3.05) is 24.7 Å². The van der Waals surface area contributed by atoms with E-state index in [9.17, 15) is 9.59 Å². The Hall–Kier alpha value is -2.79. The predicted octanol–water partition coefficient (Wildman–Crippen LogP) is 2.27. The van der Waals surface area contributed by atoms with E-state index in [0.717, 1.165) is 15.2 Å². The number of hydrogen-bond donors (Lipinski definition) is 3. The zero-order valence-corrected chi connectivity index (χ0v) is 16.6. The van der Waals surface area contributed by atoms with Crippen LogP contribution in [0.15, 0.2) is 17.6 Å². The number of anilines is 3. The number of nitrogens with two attached hydrogens (primary N) is 1. The van der Waals surface area contributed by atoms with Crippen molar-refractivity contribution in [1.29, 1.82) is 0 Å². The van der Waals surface area contributed by atoms with Gasteiger partial charge in [0.05, 0.1) is 16.4 Å². The molecule has 0 fully saturated rings. The number of nitrogens with one attached hydrogen (secondary N) is 2. The lowest BCUT2D eigenvalue weighted by Crippen LogP contribution is -2.35. The number of rotatable bonds is 7. The van der Waals surface area contributed by atoms with Crippen LogP contribution >= 0.6 is 22.9 Å². The van der Waals surface area contributed by atoms with E-state index in [1.165, 1.54) is 22.6 Å². The van der Waals surface area contributed by atoms with Crippen molar-refractivity contribution in [3.63, 3.8) is 0 Å². The van der Waals surface area contributed by atoms with E-state index in [-0.39, 0.29) is 17.4 Å². The van der Waals surface area contributed by atoms with Crippen molar-refractivity contribution >= 4 is 61.5 Å². The quantitative estimate of drug-likeness (QED) is 0.550. The molecule has 0 aliphatic carbocycles. The number of thiophene rings is 1. The normalized spacial score (nSPS) is 12.0. The molecular formula is C16H19N7O2S2. The van der Waals surface area contributed by atoms with Crippen LogP contribution in [-0.2, 0) is 4.79 Å². The third kappa shape index (κ3) is 3.98. The molecule has 11 heteroatoms. The Morgan fingerprint density at radius 2 is 2.15 bits per heavy atom. The first kappa shape index (κ1) is 19.0. The molecule has 9 nitrogen and oxygen atoms in total. The maximum Gasteiger partial charge on any atom is 0.275 e. The molecule has 0 aliphatic rings. The Bertz CT molecular complexity index is 982. The average molecular weight is 406 g/mol. The van der Waals surface area contributed by atoms with E-state index < -0.39 is 11.9 Å². The smallest absolute Gasteiger partial charge is 0.275 e. The molecule has 0 aliphatic heterocycles. The molecule has 0 saturated carbocycles. The van der Waals surface area contributed by atoms with E-state index in [1.54, 1.807) is 25.4 Å². The van der Waals surface area contributed by atoms with Gasteiger partial charge in [-0.1, -0.05) is 6.92 Å². The summed E-state index contributed by atoms with van der Waals surface area (Å²) in [7, 11) is 3.29. The fraction of sp³-hybridized carbons (Fsp3) is 0.312. The first-order valence-corrected chi connectivity index (χ1v) is 9.80. The third-order valence-corrected chi connectivity index (χ3v) is 5.60. The minimum Gasteiger partial charge on any atom is -0.368 e. The minimum atomic E-state index is -0.574. The molecule has 3 heterocycles. The maximum absolute atomic E-state index is 12.5. The number of primary amides is 1. The Kier molecular flexibility index (Phi) is 5.51. The van der Waals surface area contributed by atoms with E-state index in [4.69, 9.17) is 5.73 Å². The molecule has 4 N–H and O–H groups in total. The molecule has 1 atom stereocenters. The van der Waals surface area contributed by atoms with Crippen molar-refractivity contribution in [1.82, 2.24) is 19.2 Å². The second-order valence-corrected chi connectivity index (χ2v) is 7.62. The number of carbonyl (C=O) groups excluding carboxylic acids is 2. The molecule has 0 spiro atoms. The fourth-order valence-corrected chi connectivity index (χ4v) is 4.05. The van der Waals surface area contributed by atoms with Gasteiger partial charge >= 0.3 is 0 Å². The molecule has 27 heavy (non-hydrogen) atoms. The summed E-state index contributed by atoms with van der Waals surface area (Å²) in [5, 5.41) is 8.85. The summed E-state index contributed by atoms with van der Waals surface area (Å²) in [6, 6.07) is 1.35. The van der Waals surface area contributed by atoms with Crippen molar-refractivity contribution in [3.8, 4) is 0 Å². The van der Waals surface area contributed by atoms with Gasteiger partial charge in [-0.2, -0.15) is 4.37 Å². The highest BCUT2D eigenvalue weighted by atomic mass is 32.1. The molecule has 0 unspecified atom stereocenters. The van der Waals surface area contributed by atoms with Gasteiger partial charge < -0.3 is 21.3 Å². The van der Waals surface area contributed by atoms with Gasteiger partial charge in [-0.3, -0.25) is 9.59 Å². The van der Waals surface area contributed by atoms with Gasteiger partial charge in [0.2, 0.25) is 5.91 Å². The summed E-state index contributed by atoms with van der Waals surface area (Å²) in [6.45, 7) is 1.84. The van der Waals surface area contributed by atoms with Crippen molar-refractivity contribution in [2.45, 2.75) is 19.4 Å². The number of hydrogen-bond acceptors (Lipinski definition) is 9. The Labute approximate surface area is 163 Å². The second-order valence-electron chi connectivity index (χ2n) is 5.93. The van der Waals surface area contributed by atoms with Crippen LogP contribution in [-0.4, -0.2) is 51.2 Å². The summed E-state index contributed by atoms with van der Waals surface area (Å²) >= 11 is 2.83. The van der Waals surface area contributed by atoms with Crippen LogP contribution in [0, 0.1) is 0 Å². The van der Waals surface area contributed by atoms with Gasteiger partial charge in [-0.15, -0.1) is 11.3 Å². The average Bonchev–Trinajstić information content (AvgIpc) is 3.24. The molecule has 2 amide bonds. The van der Waals surface area contributed by atoms with Crippen molar-refractivity contribution < 1.29 is 9.59 Å². The number of nitrogens with zero attached hydrogens (tertiary/aromatic N) is 4. The van der Waals surface area contributed by atoms with Gasteiger partial charge in [-0.05, 0) is 29.4 Å². The van der Waals surface area contributed by atoms with Gasteiger partial charge in [0.15, 0.2) is 11.5 Å². The van der Waals surface area contributed by atoms with Crippen LogP contribution in [0.1, 0.15) is 23.8 Å². The van der Waals surface area contributed by atoms with Crippen molar-refractivity contribution in [3.05, 3.63) is 23.3 Å². The van der Waals surface area contributed by atoms with Crippen molar-refractivity contribution in [2.24, 2.45) is 5.73 Å². The van der Waals surface area contributed by atoms with Crippen LogP contribution in [0.25, 0.3) is 10.2 Å². The number of carbonyl (C=O) groups is 2. The lowest BCUT2D eigenvalue weighted by atomic mass is 10.2. The summed E-state index contributed by atoms with van der Waals surface area (Å²) in [6.07, 6.45) is 1.92. The van der Waals surface area contributed by atoms with Gasteiger partial charge in [0.1, 0.15) is 16.9 Å². The zero-order valence-electron chi connectivity index (χ0n) is 15.0. The minimum absolute atomic E-state index is 0.177. The predicted molar refractivity (Wildman–Crippen MR) is 108 cm³/mol. The lowest BCUT2D eigenvalue weighted by Gasteiger charge is -2.17. The summed E-state index contributed by atoms with van der Waals surface area (Å²) in [5.74, 6) is -0.127. The molecule has 0 saturated heterocycles. The van der Waals surface area contributed by atoms with Crippen LogP contribution in [0.4, 0.5) is 16.6 Å². The number of amides is 2. The summed E-state index contributed by atoms with van der Waals surface area (Å²) < 4.78 is 5.34. The standard InChI is InChI=1S/C16H19N7O2S2/c1-4-8(13(17)24)19-10-7-18-11(16(25)23(2)3)14(20-10)21-15-12-9(22-27-15)5-6-26-12/h5-8H,4H2,1-3H3,(H2,17,24)(H2,19,20,21)/t8-/m1/s1. The second kappa shape index (κ2) is 7.84. The molecule has 0 radical (unpaired) electrons. The highest BCUT2D eigenvalue weighted by Gasteiger charge is 2.21. The SMILES string of the molecule is CC[C@@H](Nc1cnc(C(=O)N(C)C)c(Nc2snc3ccsc23)n1)C(N)=O. The van der Waals surface area contributed by atoms with Gasteiger partial charge in [-0.25, -0.2) is 9.97 Å². The molecule has 142 valence electrons. The van der Waals surface area contributed by atoms with Gasteiger partial charge in [0, 0.05) is 14.1 Å². The van der Waals surface area contributed by atoms with Crippen LogP contribution in [0.5, 0.6) is 0 Å². The monoisotopic (exact) mass is 405 g/mol. The first-order valence-electron chi connectivity index (χ1n) is 8.15.